The average Bonchev–Trinajstić information content (AvgIpc) is 3.86. The quantitative estimate of drug-likeness (QED) is 0.190. The van der Waals surface area contributed by atoms with Crippen LogP contribution in [-0.4, -0.2) is 19.1 Å². The SMILES string of the molecule is c1ccc(-c2ccc3c(c2)c2ccccc2n3-c2nc(-c3cccc(-n4c5ccccc5c5ccccc54)c3)nc3c2oc2ccccc23)cc1. The van der Waals surface area contributed by atoms with Gasteiger partial charge in [0.2, 0.25) is 0 Å². The van der Waals surface area contributed by atoms with E-state index in [2.05, 4.69) is 161 Å². The van der Waals surface area contributed by atoms with Gasteiger partial charge in [-0.1, -0.05) is 115 Å². The molecule has 0 saturated carbocycles. The zero-order valence-corrected chi connectivity index (χ0v) is 27.4. The van der Waals surface area contributed by atoms with Gasteiger partial charge in [0.25, 0.3) is 0 Å². The monoisotopic (exact) mass is 652 g/mol. The van der Waals surface area contributed by atoms with Gasteiger partial charge in [-0.2, -0.15) is 0 Å². The van der Waals surface area contributed by atoms with Crippen LogP contribution in [-0.2, 0) is 0 Å². The summed E-state index contributed by atoms with van der Waals surface area (Å²) in [6.07, 6.45) is 0. The molecule has 5 nitrogen and oxygen atoms in total. The largest absolute Gasteiger partial charge is 0.450 e. The second kappa shape index (κ2) is 10.8. The van der Waals surface area contributed by atoms with Crippen LogP contribution in [0.4, 0.5) is 0 Å². The molecule has 0 fully saturated rings. The molecule has 5 heteroatoms. The lowest BCUT2D eigenvalue weighted by Gasteiger charge is -2.12. The molecule has 0 bridgehead atoms. The van der Waals surface area contributed by atoms with Crippen molar-refractivity contribution in [3.63, 3.8) is 0 Å². The predicted molar refractivity (Wildman–Crippen MR) is 209 cm³/mol. The third kappa shape index (κ3) is 4.15. The lowest BCUT2D eigenvalue weighted by atomic mass is 10.0. The molecule has 238 valence electrons. The summed E-state index contributed by atoms with van der Waals surface area (Å²) in [5.74, 6) is 1.35. The fourth-order valence-electron chi connectivity index (χ4n) is 7.85. The molecule has 0 aliphatic carbocycles. The van der Waals surface area contributed by atoms with Gasteiger partial charge in [0, 0.05) is 38.2 Å². The van der Waals surface area contributed by atoms with Gasteiger partial charge in [0.15, 0.2) is 17.2 Å². The van der Waals surface area contributed by atoms with E-state index >= 15 is 0 Å². The van der Waals surface area contributed by atoms with Crippen molar-refractivity contribution in [2.24, 2.45) is 0 Å². The van der Waals surface area contributed by atoms with E-state index in [0.29, 0.717) is 17.2 Å². The highest BCUT2D eigenvalue weighted by molar-refractivity contribution is 6.13. The molecule has 0 amide bonds. The second-order valence-corrected chi connectivity index (χ2v) is 13.0. The Bertz CT molecular complexity index is 3090. The topological polar surface area (TPSA) is 48.8 Å². The number of fused-ring (bicyclic) bond motifs is 9. The predicted octanol–water partition coefficient (Wildman–Crippen LogP) is 11.9. The first-order valence-corrected chi connectivity index (χ1v) is 17.2. The number of nitrogens with zero attached hydrogens (tertiary/aromatic N) is 4. The normalized spacial score (nSPS) is 11.9. The van der Waals surface area contributed by atoms with Crippen LogP contribution in [0, 0.1) is 0 Å². The number of rotatable bonds is 4. The maximum absolute atomic E-state index is 6.62. The molecule has 0 saturated heterocycles. The molecule has 7 aromatic carbocycles. The van der Waals surface area contributed by atoms with Crippen LogP contribution >= 0.6 is 0 Å². The van der Waals surface area contributed by atoms with E-state index in [9.17, 15) is 0 Å². The van der Waals surface area contributed by atoms with Crippen molar-refractivity contribution in [2.45, 2.75) is 0 Å². The molecule has 4 aromatic heterocycles. The number of hydrogen-bond acceptors (Lipinski definition) is 3. The molecule has 0 spiro atoms. The van der Waals surface area contributed by atoms with Crippen LogP contribution in [0.1, 0.15) is 0 Å². The molecule has 11 rings (SSSR count). The van der Waals surface area contributed by atoms with Gasteiger partial charge in [-0.05, 0) is 65.7 Å². The van der Waals surface area contributed by atoms with Crippen molar-refractivity contribution < 1.29 is 4.42 Å². The van der Waals surface area contributed by atoms with Crippen molar-refractivity contribution >= 4 is 65.7 Å². The van der Waals surface area contributed by atoms with Crippen LogP contribution in [0.3, 0.4) is 0 Å². The Balaban J connectivity index is 1.19. The Labute approximate surface area is 292 Å². The summed E-state index contributed by atoms with van der Waals surface area (Å²) in [7, 11) is 0. The van der Waals surface area contributed by atoms with Crippen LogP contribution in [0.5, 0.6) is 0 Å². The standard InChI is InChI=1S/C46H28N4O/c1-2-13-29(14-3-1)30-25-26-41-37(28-30)35-19-6-10-23-40(35)50(41)46-44-43(36-20-7-11-24-42(36)51-44)47-45(48-46)31-15-12-16-32(27-31)49-38-21-8-4-17-33(38)34-18-5-9-22-39(34)49/h1-28H. The summed E-state index contributed by atoms with van der Waals surface area (Å²) in [5.41, 5.74) is 11.0. The van der Waals surface area contributed by atoms with Gasteiger partial charge >= 0.3 is 0 Å². The summed E-state index contributed by atoms with van der Waals surface area (Å²) in [6, 6.07) is 59.6. The summed E-state index contributed by atoms with van der Waals surface area (Å²) in [6.45, 7) is 0. The first-order valence-electron chi connectivity index (χ1n) is 17.2. The first-order chi connectivity index (χ1) is 25.3. The highest BCUT2D eigenvalue weighted by atomic mass is 16.3. The number of benzene rings is 7. The minimum Gasteiger partial charge on any atom is -0.450 e. The van der Waals surface area contributed by atoms with Gasteiger partial charge in [0.1, 0.15) is 11.1 Å². The lowest BCUT2D eigenvalue weighted by Crippen LogP contribution is -2.02. The van der Waals surface area contributed by atoms with Gasteiger partial charge in [-0.3, -0.25) is 4.57 Å². The van der Waals surface area contributed by atoms with E-state index in [1.54, 1.807) is 0 Å². The number of para-hydroxylation sites is 4. The van der Waals surface area contributed by atoms with Crippen molar-refractivity contribution in [2.75, 3.05) is 0 Å². The molecule has 0 unspecified atom stereocenters. The van der Waals surface area contributed by atoms with Crippen LogP contribution in [0.2, 0.25) is 0 Å². The maximum atomic E-state index is 6.62. The Hall–Kier alpha value is -6.98. The first kappa shape index (κ1) is 27.9. The smallest absolute Gasteiger partial charge is 0.197 e. The molecule has 0 atom stereocenters. The number of furan rings is 1. The lowest BCUT2D eigenvalue weighted by molar-refractivity contribution is 0.662. The van der Waals surface area contributed by atoms with E-state index in [-0.39, 0.29) is 0 Å². The van der Waals surface area contributed by atoms with E-state index in [1.165, 1.54) is 21.9 Å². The van der Waals surface area contributed by atoms with Crippen LogP contribution in [0.25, 0.3) is 99.7 Å². The second-order valence-electron chi connectivity index (χ2n) is 13.0. The molecule has 4 heterocycles. The van der Waals surface area contributed by atoms with E-state index in [1.807, 2.05) is 18.2 Å². The fourth-order valence-corrected chi connectivity index (χ4v) is 7.85. The molecule has 0 aliphatic heterocycles. The van der Waals surface area contributed by atoms with Crippen LogP contribution in [0.15, 0.2) is 174 Å². The van der Waals surface area contributed by atoms with Gasteiger partial charge < -0.3 is 8.98 Å². The highest BCUT2D eigenvalue weighted by Gasteiger charge is 2.22. The third-order valence-corrected chi connectivity index (χ3v) is 10.1. The molecular weight excluding hydrogens is 625 g/mol. The molecule has 0 radical (unpaired) electrons. The van der Waals surface area contributed by atoms with E-state index in [4.69, 9.17) is 14.4 Å². The molecule has 11 aromatic rings. The zero-order valence-electron chi connectivity index (χ0n) is 27.4. The minimum absolute atomic E-state index is 0.638. The van der Waals surface area contributed by atoms with Crippen molar-refractivity contribution in [3.05, 3.63) is 170 Å². The summed E-state index contributed by atoms with van der Waals surface area (Å²) in [5, 5.41) is 5.73. The Morgan fingerprint density at radius 1 is 0.392 bits per heavy atom. The molecule has 0 N–H and O–H groups in total. The minimum atomic E-state index is 0.638. The Kier molecular flexibility index (Phi) is 5.89. The Morgan fingerprint density at radius 3 is 1.73 bits per heavy atom. The highest BCUT2D eigenvalue weighted by Crippen LogP contribution is 2.39. The van der Waals surface area contributed by atoms with Gasteiger partial charge in [0.05, 0.1) is 22.1 Å². The van der Waals surface area contributed by atoms with E-state index < -0.39 is 0 Å². The van der Waals surface area contributed by atoms with Crippen molar-refractivity contribution in [3.8, 4) is 34.0 Å². The van der Waals surface area contributed by atoms with E-state index in [0.717, 1.165) is 60.6 Å². The summed E-state index contributed by atoms with van der Waals surface area (Å²) < 4.78 is 11.2. The number of hydrogen-bond donors (Lipinski definition) is 0. The van der Waals surface area contributed by atoms with Crippen molar-refractivity contribution in [1.29, 1.82) is 0 Å². The summed E-state index contributed by atoms with van der Waals surface area (Å²) >= 11 is 0. The summed E-state index contributed by atoms with van der Waals surface area (Å²) in [4.78, 5) is 10.6. The zero-order chi connectivity index (χ0) is 33.5. The maximum Gasteiger partial charge on any atom is 0.197 e. The fraction of sp³-hybridized carbons (Fsp3) is 0. The molecule has 0 aliphatic rings. The molecular formula is C46H28N4O. The van der Waals surface area contributed by atoms with Gasteiger partial charge in [-0.25, -0.2) is 9.97 Å². The molecule has 51 heavy (non-hydrogen) atoms. The van der Waals surface area contributed by atoms with Crippen molar-refractivity contribution in [1.82, 2.24) is 19.1 Å². The number of aromatic nitrogens is 4. The van der Waals surface area contributed by atoms with Crippen LogP contribution < -0.4 is 0 Å². The third-order valence-electron chi connectivity index (χ3n) is 10.1. The van der Waals surface area contributed by atoms with Gasteiger partial charge in [-0.15, -0.1) is 0 Å². The average molecular weight is 653 g/mol. The Morgan fingerprint density at radius 2 is 0.980 bits per heavy atom.